The molecule has 6 rings (SSSR count). The van der Waals surface area contributed by atoms with Crippen LogP contribution in [0, 0.1) is 28.1 Å². The monoisotopic (exact) mass is 660 g/mol. The van der Waals surface area contributed by atoms with Crippen LogP contribution in [0.5, 0.6) is 0 Å². The van der Waals surface area contributed by atoms with E-state index in [1.165, 1.54) is 25.0 Å². The van der Waals surface area contributed by atoms with Gasteiger partial charge in [-0.1, -0.05) is 67.4 Å². The van der Waals surface area contributed by atoms with Crippen molar-refractivity contribution < 1.29 is 27.8 Å². The zero-order chi connectivity index (χ0) is 34.2. The molecule has 2 aliphatic carbocycles. The molecule has 1 aromatic heterocycles. The average Bonchev–Trinajstić information content (AvgIpc) is 3.32. The molecule has 254 valence electrons. The zero-order valence-corrected chi connectivity index (χ0v) is 29.5. The van der Waals surface area contributed by atoms with Crippen LogP contribution >= 0.6 is 12.6 Å². The molecule has 9 heteroatoms. The number of fused-ring (bicyclic) bond motifs is 4. The van der Waals surface area contributed by atoms with Crippen LogP contribution in [-0.2, 0) is 27.7 Å². The highest BCUT2D eigenvalue weighted by molar-refractivity contribution is 7.79. The molecule has 0 amide bonds. The van der Waals surface area contributed by atoms with Crippen molar-refractivity contribution in [2.24, 2.45) is 16.7 Å². The lowest BCUT2D eigenvalue weighted by Crippen LogP contribution is -2.44. The number of nitriles is 1. The predicted molar refractivity (Wildman–Crippen MR) is 178 cm³/mol. The molecule has 0 radical (unpaired) electrons. The van der Waals surface area contributed by atoms with Crippen molar-refractivity contribution in [3.63, 3.8) is 0 Å². The summed E-state index contributed by atoms with van der Waals surface area (Å²) < 4.78 is 53.5. The normalized spacial score (nSPS) is 26.2. The fraction of sp³-hybridized carbons (Fsp3) is 0.676. The Labute approximate surface area is 278 Å². The molecule has 1 N–H and O–H groups in total. The number of aliphatic hydroxyl groups excluding tert-OH is 1. The summed E-state index contributed by atoms with van der Waals surface area (Å²) >= 11 is 3.53. The molecule has 2 aromatic rings. The van der Waals surface area contributed by atoms with E-state index in [0.29, 0.717) is 37.0 Å². The van der Waals surface area contributed by atoms with E-state index in [1.54, 1.807) is 12.3 Å². The minimum atomic E-state index is -4.63. The molecule has 4 atom stereocenters. The lowest BCUT2D eigenvalue weighted by Gasteiger charge is -2.48. The number of nitrogens with zero attached hydrogens (tertiary/aromatic N) is 2. The molecular formula is C37H51F3N2O3S. The number of alkyl halides is 3. The zero-order valence-electron chi connectivity index (χ0n) is 28.6. The van der Waals surface area contributed by atoms with E-state index >= 15 is 0 Å². The van der Waals surface area contributed by atoms with Crippen molar-refractivity contribution in [3.8, 4) is 6.07 Å². The van der Waals surface area contributed by atoms with Crippen LogP contribution in [0.3, 0.4) is 0 Å². The fourth-order valence-electron chi connectivity index (χ4n) is 7.37. The second kappa shape index (κ2) is 13.8. The maximum Gasteiger partial charge on any atom is 0.417 e. The quantitative estimate of drug-likeness (QED) is 0.314. The number of hydrogen-bond acceptors (Lipinski definition) is 6. The summed E-state index contributed by atoms with van der Waals surface area (Å²) in [4.78, 5) is 5.17. The van der Waals surface area contributed by atoms with Crippen molar-refractivity contribution in [2.75, 3.05) is 19.5 Å². The van der Waals surface area contributed by atoms with Gasteiger partial charge in [0.1, 0.15) is 11.7 Å². The molecule has 1 saturated heterocycles. The van der Waals surface area contributed by atoms with Gasteiger partial charge in [0.05, 0.1) is 29.9 Å². The highest BCUT2D eigenvalue weighted by Gasteiger charge is 2.56. The van der Waals surface area contributed by atoms with Gasteiger partial charge in [-0.25, -0.2) is 0 Å². The van der Waals surface area contributed by atoms with Gasteiger partial charge < -0.3 is 14.6 Å². The Hall–Kier alpha value is -2.12. The van der Waals surface area contributed by atoms with E-state index < -0.39 is 35.1 Å². The van der Waals surface area contributed by atoms with Gasteiger partial charge in [0.15, 0.2) is 0 Å². The van der Waals surface area contributed by atoms with Crippen LogP contribution in [0.15, 0.2) is 18.2 Å². The maximum absolute atomic E-state index is 13.6. The highest BCUT2D eigenvalue weighted by Crippen LogP contribution is 2.61. The number of halogens is 3. The van der Waals surface area contributed by atoms with E-state index in [4.69, 9.17) is 14.5 Å². The molecule has 1 saturated carbocycles. The van der Waals surface area contributed by atoms with Crippen LogP contribution < -0.4 is 0 Å². The molecule has 46 heavy (non-hydrogen) atoms. The molecule has 2 spiro atoms. The molecule has 2 aliphatic heterocycles. The fourth-order valence-corrected chi connectivity index (χ4v) is 7.37. The summed E-state index contributed by atoms with van der Waals surface area (Å²) in [6, 6.07) is 5.44. The summed E-state index contributed by atoms with van der Waals surface area (Å²) in [6.45, 7) is 16.1. The van der Waals surface area contributed by atoms with Crippen LogP contribution in [0.25, 0.3) is 0 Å². The topological polar surface area (TPSA) is 75.4 Å². The Morgan fingerprint density at radius 3 is 2.28 bits per heavy atom. The minimum Gasteiger partial charge on any atom is -0.388 e. The number of rotatable bonds is 2. The molecule has 2 fully saturated rings. The van der Waals surface area contributed by atoms with E-state index in [9.17, 15) is 23.5 Å². The van der Waals surface area contributed by atoms with Gasteiger partial charge in [-0.2, -0.15) is 31.1 Å². The number of pyridine rings is 1. The first-order valence-electron chi connectivity index (χ1n) is 16.6. The van der Waals surface area contributed by atoms with Gasteiger partial charge in [-0.05, 0) is 71.9 Å². The summed E-state index contributed by atoms with van der Waals surface area (Å²) in [5, 5.41) is 21.2. The van der Waals surface area contributed by atoms with Crippen molar-refractivity contribution in [1.29, 1.82) is 5.26 Å². The first-order chi connectivity index (χ1) is 21.6. The minimum absolute atomic E-state index is 0.0340. The van der Waals surface area contributed by atoms with Crippen molar-refractivity contribution in [1.82, 2.24) is 4.98 Å². The SMILES string of the molecule is CC(C)c1nc2c(c3c1C(c1ccc(C(F)(F)F)c(C#N)c1)OC31CCOCC1C)C(O)CC1(CCC1)C2.CCC(C)(C)C.CS. The lowest BCUT2D eigenvalue weighted by atomic mass is 9.58. The van der Waals surface area contributed by atoms with Gasteiger partial charge in [0.2, 0.25) is 0 Å². The third-order valence-corrected chi connectivity index (χ3v) is 10.5. The van der Waals surface area contributed by atoms with Gasteiger partial charge in [0, 0.05) is 41.5 Å². The number of aliphatic hydroxyl groups is 1. The Morgan fingerprint density at radius 1 is 1.13 bits per heavy atom. The predicted octanol–water partition coefficient (Wildman–Crippen LogP) is 9.61. The van der Waals surface area contributed by atoms with Crippen LogP contribution in [0.2, 0.25) is 0 Å². The van der Waals surface area contributed by atoms with Gasteiger partial charge >= 0.3 is 6.18 Å². The van der Waals surface area contributed by atoms with Crippen LogP contribution in [-0.4, -0.2) is 29.6 Å². The molecule has 0 bridgehead atoms. The molecule has 1 aromatic carbocycles. The molecule has 3 heterocycles. The molecule has 4 aliphatic rings. The standard InChI is InChI=1S/C30H33F3N2O3.C6H14.CH4S/c1-16(2)26-24-25(23-21(35-26)12-28(7-4-8-28)13-22(23)36)29(9-10-37-15-17(29)3)38-27(24)18-5-6-20(30(31,32)33)19(11-18)14-34;1-5-6(2,3)4;1-2/h5-6,11,16-17,22,27,36H,4,7-10,12-13,15H2,1-3H3;5H2,1-4H3;2H,1H3. The van der Waals surface area contributed by atoms with Gasteiger partial charge in [-0.15, -0.1) is 0 Å². The Balaban J connectivity index is 0.000000541. The lowest BCUT2D eigenvalue weighted by molar-refractivity contribution is -0.157. The van der Waals surface area contributed by atoms with E-state index in [-0.39, 0.29) is 17.3 Å². The maximum atomic E-state index is 13.6. The number of aromatic nitrogens is 1. The number of ether oxygens (including phenoxy) is 2. The number of thiol groups is 1. The second-order valence-corrected chi connectivity index (χ2v) is 15.0. The third kappa shape index (κ3) is 6.88. The van der Waals surface area contributed by atoms with Gasteiger partial charge in [0.25, 0.3) is 0 Å². The summed E-state index contributed by atoms with van der Waals surface area (Å²) in [7, 11) is 0. The summed E-state index contributed by atoms with van der Waals surface area (Å²) in [5.74, 6) is -0.00469. The number of benzene rings is 1. The Morgan fingerprint density at radius 2 is 1.78 bits per heavy atom. The van der Waals surface area contributed by atoms with E-state index in [2.05, 4.69) is 61.1 Å². The van der Waals surface area contributed by atoms with E-state index in [1.807, 2.05) is 0 Å². The smallest absolute Gasteiger partial charge is 0.388 e. The van der Waals surface area contributed by atoms with E-state index in [0.717, 1.165) is 53.4 Å². The average molecular weight is 661 g/mol. The highest BCUT2D eigenvalue weighted by atomic mass is 32.1. The van der Waals surface area contributed by atoms with Crippen LogP contribution in [0.1, 0.15) is 150 Å². The first kappa shape index (κ1) is 36.7. The van der Waals surface area contributed by atoms with Crippen LogP contribution in [0.4, 0.5) is 13.2 Å². The van der Waals surface area contributed by atoms with Gasteiger partial charge in [-0.3, -0.25) is 4.98 Å². The molecular weight excluding hydrogens is 609 g/mol. The summed E-state index contributed by atoms with van der Waals surface area (Å²) in [6.07, 6.45) is 2.44. The first-order valence-corrected chi connectivity index (χ1v) is 17.5. The number of hydrogen-bond donors (Lipinski definition) is 2. The van der Waals surface area contributed by atoms with Crippen molar-refractivity contribution in [2.45, 2.75) is 123 Å². The van der Waals surface area contributed by atoms with Crippen molar-refractivity contribution >= 4 is 12.6 Å². The van der Waals surface area contributed by atoms with Crippen molar-refractivity contribution in [3.05, 3.63) is 63.0 Å². The largest absolute Gasteiger partial charge is 0.417 e. The second-order valence-electron chi connectivity index (χ2n) is 15.0. The Bertz CT molecular complexity index is 1440. The Kier molecular flexibility index (Phi) is 11.0. The molecule has 5 nitrogen and oxygen atoms in total. The summed E-state index contributed by atoms with van der Waals surface area (Å²) in [5.41, 5.74) is 3.47. The molecule has 4 unspecified atom stereocenters. The third-order valence-electron chi connectivity index (χ3n) is 10.5.